The van der Waals surface area contributed by atoms with Crippen LogP contribution in [-0.4, -0.2) is 30.2 Å². The summed E-state index contributed by atoms with van der Waals surface area (Å²) in [6.07, 6.45) is -7.94. The molecule has 1 aromatic carbocycles. The Labute approximate surface area is 130 Å². The summed E-state index contributed by atoms with van der Waals surface area (Å²) in [5, 5.41) is 0. The minimum absolute atomic E-state index is 0.0378. The Morgan fingerprint density at radius 3 is 1.96 bits per heavy atom. The zero-order valence-corrected chi connectivity index (χ0v) is 11.9. The molecule has 0 saturated heterocycles. The van der Waals surface area contributed by atoms with Gasteiger partial charge in [-0.05, 0) is 11.6 Å². The lowest BCUT2D eigenvalue weighted by Gasteiger charge is -2.37. The van der Waals surface area contributed by atoms with Crippen molar-refractivity contribution in [1.29, 1.82) is 0 Å². The highest BCUT2D eigenvalue weighted by Gasteiger charge is 2.81. The average Bonchev–Trinajstić information content (AvgIpc) is 2.74. The second kappa shape index (κ2) is 5.13. The Morgan fingerprint density at radius 1 is 0.875 bits per heavy atom. The molecule has 24 heavy (non-hydrogen) atoms. The third-order valence-electron chi connectivity index (χ3n) is 3.81. The molecule has 1 heterocycles. The zero-order chi connectivity index (χ0) is 18.6. The molecule has 1 aliphatic heterocycles. The molecular weight excluding hydrogens is 353 g/mol. The van der Waals surface area contributed by atoms with Crippen LogP contribution in [0.5, 0.6) is 0 Å². The predicted octanol–water partition coefficient (Wildman–Crippen LogP) is 5.52. The molecule has 0 fully saturated rings. The van der Waals surface area contributed by atoms with Gasteiger partial charge < -0.3 is 0 Å². The standard InChI is InChI=1S/C14H10F9N/c1-10(7-24-9-5-3-2-4-8(9)10)6-11(15,16)12(17,18)13(19,20)14(21,22)23/h2-5,7H,6H2,1H3. The van der Waals surface area contributed by atoms with E-state index in [2.05, 4.69) is 4.99 Å². The van der Waals surface area contributed by atoms with Gasteiger partial charge in [-0.1, -0.05) is 25.1 Å². The number of rotatable bonds is 4. The molecule has 1 aromatic rings. The molecule has 0 amide bonds. The quantitative estimate of drug-likeness (QED) is 0.625. The molecule has 0 saturated carbocycles. The summed E-state index contributed by atoms with van der Waals surface area (Å²) in [5.41, 5.74) is -1.72. The van der Waals surface area contributed by atoms with Crippen LogP contribution in [0.4, 0.5) is 45.2 Å². The van der Waals surface area contributed by atoms with Gasteiger partial charge in [-0.3, -0.25) is 4.99 Å². The van der Waals surface area contributed by atoms with E-state index in [9.17, 15) is 39.5 Å². The molecular formula is C14H10F9N. The first-order chi connectivity index (χ1) is 10.7. The van der Waals surface area contributed by atoms with Gasteiger partial charge in [-0.15, -0.1) is 0 Å². The smallest absolute Gasteiger partial charge is 0.260 e. The van der Waals surface area contributed by atoms with Crippen LogP contribution >= 0.6 is 0 Å². The van der Waals surface area contributed by atoms with E-state index in [1.54, 1.807) is 0 Å². The highest BCUT2D eigenvalue weighted by Crippen LogP contribution is 2.56. The summed E-state index contributed by atoms with van der Waals surface area (Å²) >= 11 is 0. The van der Waals surface area contributed by atoms with Gasteiger partial charge in [0.15, 0.2) is 0 Å². The summed E-state index contributed by atoms with van der Waals surface area (Å²) in [5.74, 6) is -19.1. The SMILES string of the molecule is CC1(CC(F)(F)C(F)(F)C(F)(F)C(F)(F)F)C=Nc2ccccc21. The highest BCUT2D eigenvalue weighted by atomic mass is 19.4. The number of hydrogen-bond acceptors (Lipinski definition) is 1. The molecule has 0 aromatic heterocycles. The largest absolute Gasteiger partial charge is 0.460 e. The normalized spacial score (nSPS) is 21.9. The molecule has 0 aliphatic carbocycles. The van der Waals surface area contributed by atoms with E-state index in [-0.39, 0.29) is 11.3 Å². The number of para-hydroxylation sites is 1. The molecule has 1 atom stereocenters. The van der Waals surface area contributed by atoms with Crippen LogP contribution in [0, 0.1) is 0 Å². The molecule has 1 nitrogen and oxygen atoms in total. The number of fused-ring (bicyclic) bond motifs is 1. The monoisotopic (exact) mass is 363 g/mol. The predicted molar refractivity (Wildman–Crippen MR) is 67.5 cm³/mol. The summed E-state index contributed by atoms with van der Waals surface area (Å²) in [6.45, 7) is 1.01. The summed E-state index contributed by atoms with van der Waals surface area (Å²) in [7, 11) is 0. The van der Waals surface area contributed by atoms with E-state index in [0.717, 1.165) is 13.1 Å². The van der Waals surface area contributed by atoms with Crippen molar-refractivity contribution < 1.29 is 39.5 Å². The number of hydrogen-bond donors (Lipinski definition) is 0. The Morgan fingerprint density at radius 2 is 1.42 bits per heavy atom. The van der Waals surface area contributed by atoms with Crippen LogP contribution in [0.15, 0.2) is 29.3 Å². The van der Waals surface area contributed by atoms with Crippen LogP contribution < -0.4 is 0 Å². The second-order valence-electron chi connectivity index (χ2n) is 5.72. The van der Waals surface area contributed by atoms with Gasteiger partial charge in [0.25, 0.3) is 0 Å². The minimum atomic E-state index is -6.88. The summed E-state index contributed by atoms with van der Waals surface area (Å²) in [4.78, 5) is 3.72. The van der Waals surface area contributed by atoms with E-state index < -0.39 is 35.8 Å². The van der Waals surface area contributed by atoms with Crippen molar-refractivity contribution >= 4 is 11.9 Å². The van der Waals surface area contributed by atoms with Gasteiger partial charge in [0.2, 0.25) is 0 Å². The van der Waals surface area contributed by atoms with Crippen LogP contribution in [-0.2, 0) is 5.41 Å². The Kier molecular flexibility index (Phi) is 3.97. The van der Waals surface area contributed by atoms with E-state index in [1.165, 1.54) is 24.3 Å². The highest BCUT2D eigenvalue weighted by molar-refractivity contribution is 5.84. The Balaban J connectivity index is 2.40. The maximum atomic E-state index is 13.8. The van der Waals surface area contributed by atoms with Crippen molar-refractivity contribution in [3.63, 3.8) is 0 Å². The molecule has 0 bridgehead atoms. The van der Waals surface area contributed by atoms with E-state index in [1.807, 2.05) is 0 Å². The van der Waals surface area contributed by atoms with Crippen molar-refractivity contribution in [3.05, 3.63) is 29.8 Å². The number of benzene rings is 1. The van der Waals surface area contributed by atoms with Gasteiger partial charge in [-0.2, -0.15) is 39.5 Å². The van der Waals surface area contributed by atoms with Gasteiger partial charge in [0.1, 0.15) is 0 Å². The fourth-order valence-corrected chi connectivity index (χ4v) is 2.47. The summed E-state index contributed by atoms with van der Waals surface area (Å²) in [6, 6.07) is 5.50. The molecule has 1 unspecified atom stereocenters. The lowest BCUT2D eigenvalue weighted by molar-refractivity contribution is -0.397. The average molecular weight is 363 g/mol. The van der Waals surface area contributed by atoms with Crippen molar-refractivity contribution in [3.8, 4) is 0 Å². The maximum absolute atomic E-state index is 13.8. The molecule has 0 radical (unpaired) electrons. The van der Waals surface area contributed by atoms with Gasteiger partial charge in [0, 0.05) is 18.1 Å². The molecule has 134 valence electrons. The number of halogens is 9. The third kappa shape index (κ3) is 2.55. The van der Waals surface area contributed by atoms with E-state index in [4.69, 9.17) is 0 Å². The molecule has 0 N–H and O–H groups in total. The van der Waals surface area contributed by atoms with Crippen LogP contribution in [0.25, 0.3) is 0 Å². The first kappa shape index (κ1) is 18.6. The van der Waals surface area contributed by atoms with Crippen LogP contribution in [0.3, 0.4) is 0 Å². The van der Waals surface area contributed by atoms with Gasteiger partial charge in [0.05, 0.1) is 5.69 Å². The fraction of sp³-hybridized carbons (Fsp3) is 0.500. The third-order valence-corrected chi connectivity index (χ3v) is 3.81. The zero-order valence-electron chi connectivity index (χ0n) is 11.9. The summed E-state index contributed by atoms with van der Waals surface area (Å²) < 4.78 is 117. The minimum Gasteiger partial charge on any atom is -0.260 e. The van der Waals surface area contributed by atoms with Crippen molar-refractivity contribution in [2.75, 3.05) is 0 Å². The van der Waals surface area contributed by atoms with E-state index >= 15 is 0 Å². The van der Waals surface area contributed by atoms with Crippen molar-refractivity contribution in [2.24, 2.45) is 4.99 Å². The number of alkyl halides is 9. The lowest BCUT2D eigenvalue weighted by Crippen LogP contribution is -2.62. The van der Waals surface area contributed by atoms with Crippen LogP contribution in [0.1, 0.15) is 18.9 Å². The van der Waals surface area contributed by atoms with Crippen LogP contribution in [0.2, 0.25) is 0 Å². The lowest BCUT2D eigenvalue weighted by atomic mass is 9.77. The maximum Gasteiger partial charge on any atom is 0.460 e. The van der Waals surface area contributed by atoms with E-state index in [0.29, 0.717) is 0 Å². The van der Waals surface area contributed by atoms with Crippen molar-refractivity contribution in [2.45, 2.75) is 42.7 Å². The number of aliphatic imine (C=N–C) groups is 1. The molecule has 0 spiro atoms. The molecule has 10 heteroatoms. The molecule has 1 aliphatic rings. The van der Waals surface area contributed by atoms with Crippen molar-refractivity contribution in [1.82, 2.24) is 0 Å². The topological polar surface area (TPSA) is 12.4 Å². The molecule has 2 rings (SSSR count). The first-order valence-electron chi connectivity index (χ1n) is 6.51. The van der Waals surface area contributed by atoms with Gasteiger partial charge >= 0.3 is 23.9 Å². The number of nitrogens with zero attached hydrogens (tertiary/aromatic N) is 1. The van der Waals surface area contributed by atoms with Gasteiger partial charge in [-0.25, -0.2) is 0 Å². The fourth-order valence-electron chi connectivity index (χ4n) is 2.47. The Hall–Kier alpha value is -1.74. The second-order valence-corrected chi connectivity index (χ2v) is 5.72. The first-order valence-corrected chi connectivity index (χ1v) is 6.51. The Bertz CT molecular complexity index is 662.